The van der Waals surface area contributed by atoms with Crippen LogP contribution in [0.3, 0.4) is 0 Å². The number of hydrogen-bond donors (Lipinski definition) is 4. The topological polar surface area (TPSA) is 48.1 Å². The minimum Gasteiger partial charge on any atom is -0.320 e. The first-order chi connectivity index (χ1) is 9.83. The van der Waals surface area contributed by atoms with Gasteiger partial charge in [-0.1, -0.05) is 25.7 Å². The van der Waals surface area contributed by atoms with E-state index in [1.807, 2.05) is 28.2 Å². The van der Waals surface area contributed by atoms with Crippen molar-refractivity contribution in [3.05, 3.63) is 0 Å². The Morgan fingerprint density at radius 2 is 0.550 bits per heavy atom. The van der Waals surface area contributed by atoms with Gasteiger partial charge in [-0.3, -0.25) is 0 Å². The van der Waals surface area contributed by atoms with Crippen LogP contribution in [-0.4, -0.2) is 54.4 Å². The molecular formula is C16H40N4. The Balaban J connectivity index is 0. The van der Waals surface area contributed by atoms with Gasteiger partial charge in [0.15, 0.2) is 0 Å². The van der Waals surface area contributed by atoms with Crippen LogP contribution in [0.25, 0.3) is 0 Å². The SMILES string of the molecule is CNCCCCCCNC.CNCCCCCCNC. The van der Waals surface area contributed by atoms with Crippen molar-refractivity contribution in [3.8, 4) is 0 Å². The summed E-state index contributed by atoms with van der Waals surface area (Å²) in [6.45, 7) is 4.66. The highest BCUT2D eigenvalue weighted by Crippen LogP contribution is 1.97. The Labute approximate surface area is 127 Å². The molecule has 0 bridgehead atoms. The lowest BCUT2D eigenvalue weighted by molar-refractivity contribution is 0.600. The van der Waals surface area contributed by atoms with Crippen molar-refractivity contribution < 1.29 is 0 Å². The van der Waals surface area contributed by atoms with E-state index in [9.17, 15) is 0 Å². The largest absolute Gasteiger partial charge is 0.320 e. The Kier molecular flexibility index (Phi) is 26.4. The normalized spacial score (nSPS) is 10.2. The van der Waals surface area contributed by atoms with Crippen molar-refractivity contribution in [2.24, 2.45) is 0 Å². The van der Waals surface area contributed by atoms with Crippen LogP contribution in [0.2, 0.25) is 0 Å². The van der Waals surface area contributed by atoms with Gasteiger partial charge in [0.25, 0.3) is 0 Å². The van der Waals surface area contributed by atoms with Crippen LogP contribution >= 0.6 is 0 Å². The fourth-order valence-electron chi connectivity index (χ4n) is 1.91. The summed E-state index contributed by atoms with van der Waals surface area (Å²) in [7, 11) is 8.03. The number of nitrogens with one attached hydrogen (secondary N) is 4. The fraction of sp³-hybridized carbons (Fsp3) is 1.00. The molecule has 0 heterocycles. The van der Waals surface area contributed by atoms with Gasteiger partial charge >= 0.3 is 0 Å². The van der Waals surface area contributed by atoms with Gasteiger partial charge in [0.1, 0.15) is 0 Å². The quantitative estimate of drug-likeness (QED) is 0.369. The molecule has 4 N–H and O–H groups in total. The lowest BCUT2D eigenvalue weighted by atomic mass is 10.2. The molecule has 0 aromatic heterocycles. The maximum Gasteiger partial charge on any atom is -0.00519 e. The van der Waals surface area contributed by atoms with Crippen LogP contribution in [0.4, 0.5) is 0 Å². The summed E-state index contributed by atoms with van der Waals surface area (Å²) in [6, 6.07) is 0. The van der Waals surface area contributed by atoms with Crippen LogP contribution in [0.1, 0.15) is 51.4 Å². The van der Waals surface area contributed by atoms with Crippen molar-refractivity contribution in [3.63, 3.8) is 0 Å². The zero-order chi connectivity index (χ0) is 15.3. The first-order valence-electron chi connectivity index (χ1n) is 8.41. The van der Waals surface area contributed by atoms with Crippen molar-refractivity contribution in [2.75, 3.05) is 54.4 Å². The molecule has 0 fully saturated rings. The second kappa shape index (κ2) is 23.9. The molecule has 0 radical (unpaired) electrons. The molecule has 0 saturated carbocycles. The highest BCUT2D eigenvalue weighted by Gasteiger charge is 1.87. The molecule has 0 amide bonds. The zero-order valence-electron chi connectivity index (χ0n) is 14.5. The summed E-state index contributed by atoms with van der Waals surface area (Å²) in [4.78, 5) is 0. The van der Waals surface area contributed by atoms with Crippen LogP contribution in [0, 0.1) is 0 Å². The van der Waals surface area contributed by atoms with Crippen LogP contribution in [0.15, 0.2) is 0 Å². The molecule has 0 aliphatic rings. The second-order valence-electron chi connectivity index (χ2n) is 5.24. The summed E-state index contributed by atoms with van der Waals surface area (Å²) in [5.41, 5.74) is 0. The average molecular weight is 289 g/mol. The monoisotopic (exact) mass is 288 g/mol. The van der Waals surface area contributed by atoms with E-state index in [2.05, 4.69) is 21.3 Å². The lowest BCUT2D eigenvalue weighted by Gasteiger charge is -1.99. The Morgan fingerprint density at radius 1 is 0.350 bits per heavy atom. The maximum absolute atomic E-state index is 3.14. The standard InChI is InChI=1S/2C8H20N2/c2*1-9-7-5-3-4-6-8-10-2/h2*9-10H,3-8H2,1-2H3. The molecule has 0 aromatic carbocycles. The van der Waals surface area contributed by atoms with Crippen molar-refractivity contribution in [2.45, 2.75) is 51.4 Å². The number of unbranched alkanes of at least 4 members (excludes halogenated alkanes) is 6. The van der Waals surface area contributed by atoms with Gasteiger partial charge < -0.3 is 21.3 Å². The third-order valence-corrected chi connectivity index (χ3v) is 3.21. The summed E-state index contributed by atoms with van der Waals surface area (Å²) in [5, 5.41) is 12.6. The summed E-state index contributed by atoms with van der Waals surface area (Å²) in [5.74, 6) is 0. The molecule has 0 atom stereocenters. The first kappa shape index (κ1) is 22.1. The fourth-order valence-corrected chi connectivity index (χ4v) is 1.91. The molecule has 124 valence electrons. The zero-order valence-corrected chi connectivity index (χ0v) is 14.5. The average Bonchev–Trinajstić information content (AvgIpc) is 2.47. The highest BCUT2D eigenvalue weighted by molar-refractivity contribution is 4.47. The lowest BCUT2D eigenvalue weighted by Crippen LogP contribution is -2.09. The van der Waals surface area contributed by atoms with E-state index in [-0.39, 0.29) is 0 Å². The molecule has 0 aliphatic heterocycles. The van der Waals surface area contributed by atoms with Gasteiger partial charge in [-0.05, 0) is 80.1 Å². The molecule has 20 heavy (non-hydrogen) atoms. The molecule has 0 saturated heterocycles. The smallest absolute Gasteiger partial charge is 0.00519 e. The Morgan fingerprint density at radius 3 is 0.700 bits per heavy atom. The number of rotatable bonds is 14. The predicted octanol–water partition coefficient (Wildman–Crippen LogP) is 1.97. The molecule has 0 spiro atoms. The third-order valence-electron chi connectivity index (χ3n) is 3.21. The maximum atomic E-state index is 3.14. The van der Waals surface area contributed by atoms with E-state index in [1.54, 1.807) is 0 Å². The second-order valence-corrected chi connectivity index (χ2v) is 5.24. The van der Waals surface area contributed by atoms with E-state index >= 15 is 0 Å². The predicted molar refractivity (Wildman–Crippen MR) is 92.6 cm³/mol. The van der Waals surface area contributed by atoms with Gasteiger partial charge in [-0.25, -0.2) is 0 Å². The Hall–Kier alpha value is -0.160. The van der Waals surface area contributed by atoms with E-state index in [1.165, 1.54) is 77.5 Å². The summed E-state index contributed by atoms with van der Waals surface area (Å²) >= 11 is 0. The van der Waals surface area contributed by atoms with Gasteiger partial charge in [-0.15, -0.1) is 0 Å². The summed E-state index contributed by atoms with van der Waals surface area (Å²) in [6.07, 6.45) is 10.7. The van der Waals surface area contributed by atoms with E-state index in [0.29, 0.717) is 0 Å². The van der Waals surface area contributed by atoms with Gasteiger partial charge in [0.05, 0.1) is 0 Å². The molecule has 0 rings (SSSR count). The molecule has 0 aliphatic carbocycles. The summed E-state index contributed by atoms with van der Waals surface area (Å²) < 4.78 is 0. The van der Waals surface area contributed by atoms with Gasteiger partial charge in [-0.2, -0.15) is 0 Å². The first-order valence-corrected chi connectivity index (χ1v) is 8.41. The van der Waals surface area contributed by atoms with E-state index in [4.69, 9.17) is 0 Å². The molecule has 4 nitrogen and oxygen atoms in total. The van der Waals surface area contributed by atoms with Crippen LogP contribution in [0.5, 0.6) is 0 Å². The molecular weight excluding hydrogens is 248 g/mol. The minimum atomic E-state index is 1.17. The number of hydrogen-bond acceptors (Lipinski definition) is 4. The van der Waals surface area contributed by atoms with E-state index in [0.717, 1.165) is 0 Å². The van der Waals surface area contributed by atoms with Gasteiger partial charge in [0.2, 0.25) is 0 Å². The van der Waals surface area contributed by atoms with Crippen molar-refractivity contribution >= 4 is 0 Å². The van der Waals surface area contributed by atoms with Gasteiger partial charge in [0, 0.05) is 0 Å². The highest BCUT2D eigenvalue weighted by atomic mass is 14.8. The third kappa shape index (κ3) is 26.4. The van der Waals surface area contributed by atoms with Crippen LogP contribution in [-0.2, 0) is 0 Å². The Bertz CT molecular complexity index is 110. The molecule has 0 aromatic rings. The molecule has 0 unspecified atom stereocenters. The van der Waals surface area contributed by atoms with Crippen molar-refractivity contribution in [1.82, 2.24) is 21.3 Å². The van der Waals surface area contributed by atoms with Crippen molar-refractivity contribution in [1.29, 1.82) is 0 Å². The molecule has 4 heteroatoms. The van der Waals surface area contributed by atoms with Crippen LogP contribution < -0.4 is 21.3 Å². The minimum absolute atomic E-state index is 1.17. The van der Waals surface area contributed by atoms with E-state index < -0.39 is 0 Å².